The lowest BCUT2D eigenvalue weighted by molar-refractivity contribution is -0.149. The molecule has 2 aliphatic heterocycles. The van der Waals surface area contributed by atoms with Crippen LogP contribution < -0.4 is 5.32 Å². The molecule has 1 unspecified atom stereocenters. The molecule has 0 aromatic rings. The molecule has 1 atom stereocenters. The number of piperidine rings is 1. The standard InChI is InChI=1S/C19H35N3O4/c1-3-20-19(21-10-6-12-26-17-8-13-24-14-9-17)22-11-5-7-16(15-22)18(23)25-4-2/h16-17H,3-15H2,1-2H3,(H,20,21). The summed E-state index contributed by atoms with van der Waals surface area (Å²) < 4.78 is 16.4. The van der Waals surface area contributed by atoms with Crippen molar-refractivity contribution in [2.45, 2.75) is 52.1 Å². The Kier molecular flexibility index (Phi) is 9.77. The molecular weight excluding hydrogens is 334 g/mol. The van der Waals surface area contributed by atoms with Crippen LogP contribution in [0, 0.1) is 5.92 Å². The Morgan fingerprint density at radius 2 is 2.08 bits per heavy atom. The summed E-state index contributed by atoms with van der Waals surface area (Å²) in [5.74, 6) is 0.759. The number of guanidine groups is 1. The van der Waals surface area contributed by atoms with Crippen molar-refractivity contribution in [2.75, 3.05) is 52.6 Å². The molecule has 0 aromatic carbocycles. The van der Waals surface area contributed by atoms with Gasteiger partial charge in [-0.05, 0) is 46.0 Å². The molecule has 0 spiro atoms. The van der Waals surface area contributed by atoms with Gasteiger partial charge in [-0.3, -0.25) is 9.79 Å². The first-order chi connectivity index (χ1) is 12.7. The summed E-state index contributed by atoms with van der Waals surface area (Å²) in [6, 6.07) is 0. The molecular formula is C19H35N3O4. The third-order valence-electron chi connectivity index (χ3n) is 4.76. The van der Waals surface area contributed by atoms with Crippen LogP contribution in [0.4, 0.5) is 0 Å². The summed E-state index contributed by atoms with van der Waals surface area (Å²) in [5.41, 5.74) is 0. The Morgan fingerprint density at radius 1 is 1.27 bits per heavy atom. The van der Waals surface area contributed by atoms with E-state index in [1.807, 2.05) is 6.92 Å². The Morgan fingerprint density at radius 3 is 2.81 bits per heavy atom. The lowest BCUT2D eigenvalue weighted by atomic mass is 9.98. The van der Waals surface area contributed by atoms with Crippen LogP contribution in [0.3, 0.4) is 0 Å². The molecule has 0 saturated carbocycles. The average Bonchev–Trinajstić information content (AvgIpc) is 2.68. The van der Waals surface area contributed by atoms with Crippen molar-refractivity contribution in [3.63, 3.8) is 0 Å². The summed E-state index contributed by atoms with van der Waals surface area (Å²) in [5, 5.41) is 3.35. The third-order valence-corrected chi connectivity index (χ3v) is 4.76. The van der Waals surface area contributed by atoms with Crippen molar-refractivity contribution in [1.29, 1.82) is 0 Å². The second-order valence-corrected chi connectivity index (χ2v) is 6.81. The van der Waals surface area contributed by atoms with Crippen molar-refractivity contribution in [3.05, 3.63) is 0 Å². The van der Waals surface area contributed by atoms with Crippen LogP contribution in [0.1, 0.15) is 46.0 Å². The van der Waals surface area contributed by atoms with E-state index in [2.05, 4.69) is 17.1 Å². The molecule has 0 amide bonds. The van der Waals surface area contributed by atoms with Crippen molar-refractivity contribution in [1.82, 2.24) is 10.2 Å². The SMILES string of the molecule is CCNC(=NCCCOC1CCOCC1)N1CCCC(C(=O)OCC)C1. The van der Waals surface area contributed by atoms with Crippen LogP contribution in [0.15, 0.2) is 4.99 Å². The van der Waals surface area contributed by atoms with Gasteiger partial charge in [-0.1, -0.05) is 0 Å². The molecule has 7 heteroatoms. The van der Waals surface area contributed by atoms with Gasteiger partial charge < -0.3 is 24.4 Å². The molecule has 0 radical (unpaired) electrons. The van der Waals surface area contributed by atoms with E-state index in [-0.39, 0.29) is 11.9 Å². The molecule has 150 valence electrons. The molecule has 0 aromatic heterocycles. The van der Waals surface area contributed by atoms with Gasteiger partial charge in [0.1, 0.15) is 0 Å². The molecule has 0 aliphatic carbocycles. The fourth-order valence-corrected chi connectivity index (χ4v) is 3.39. The minimum atomic E-state index is -0.0853. The molecule has 2 aliphatic rings. The maximum Gasteiger partial charge on any atom is 0.310 e. The molecule has 26 heavy (non-hydrogen) atoms. The summed E-state index contributed by atoms with van der Waals surface area (Å²) in [6.07, 6.45) is 5.12. The first-order valence-corrected chi connectivity index (χ1v) is 10.1. The number of ether oxygens (including phenoxy) is 3. The molecule has 2 saturated heterocycles. The van der Waals surface area contributed by atoms with Gasteiger partial charge >= 0.3 is 5.97 Å². The zero-order valence-electron chi connectivity index (χ0n) is 16.4. The maximum atomic E-state index is 12.0. The highest BCUT2D eigenvalue weighted by atomic mass is 16.5. The lowest BCUT2D eigenvalue weighted by Gasteiger charge is -2.34. The van der Waals surface area contributed by atoms with E-state index in [9.17, 15) is 4.79 Å². The van der Waals surface area contributed by atoms with Gasteiger partial charge in [-0.15, -0.1) is 0 Å². The van der Waals surface area contributed by atoms with E-state index in [1.165, 1.54) is 0 Å². The highest BCUT2D eigenvalue weighted by Gasteiger charge is 2.28. The minimum Gasteiger partial charge on any atom is -0.466 e. The first-order valence-electron chi connectivity index (χ1n) is 10.1. The monoisotopic (exact) mass is 369 g/mol. The second kappa shape index (κ2) is 12.1. The van der Waals surface area contributed by atoms with E-state index in [0.717, 1.165) is 77.5 Å². The molecule has 1 N–H and O–H groups in total. The predicted molar refractivity (Wildman–Crippen MR) is 101 cm³/mol. The van der Waals surface area contributed by atoms with E-state index < -0.39 is 0 Å². The zero-order chi connectivity index (χ0) is 18.6. The van der Waals surface area contributed by atoms with Gasteiger partial charge in [0.25, 0.3) is 0 Å². The fraction of sp³-hybridized carbons (Fsp3) is 0.895. The summed E-state index contributed by atoms with van der Waals surface area (Å²) >= 11 is 0. The van der Waals surface area contributed by atoms with Gasteiger partial charge in [0, 0.05) is 46.0 Å². The number of rotatable bonds is 8. The largest absolute Gasteiger partial charge is 0.466 e. The number of esters is 1. The summed E-state index contributed by atoms with van der Waals surface area (Å²) in [6.45, 7) is 9.88. The van der Waals surface area contributed by atoms with Crippen molar-refractivity contribution in [2.24, 2.45) is 10.9 Å². The van der Waals surface area contributed by atoms with Gasteiger partial charge in [0.15, 0.2) is 5.96 Å². The number of likely N-dealkylation sites (tertiary alicyclic amines) is 1. The van der Waals surface area contributed by atoms with E-state index in [0.29, 0.717) is 19.3 Å². The Bertz CT molecular complexity index is 439. The van der Waals surface area contributed by atoms with Crippen LogP contribution in [0.25, 0.3) is 0 Å². The van der Waals surface area contributed by atoms with E-state index in [4.69, 9.17) is 19.2 Å². The van der Waals surface area contributed by atoms with Gasteiger partial charge in [0.05, 0.1) is 18.6 Å². The molecule has 2 rings (SSSR count). The fourth-order valence-electron chi connectivity index (χ4n) is 3.39. The number of aliphatic imine (C=N–C) groups is 1. The van der Waals surface area contributed by atoms with Crippen molar-refractivity contribution >= 4 is 11.9 Å². The normalized spacial score (nSPS) is 22.3. The Hall–Kier alpha value is -1.34. The topological polar surface area (TPSA) is 72.4 Å². The van der Waals surface area contributed by atoms with Crippen molar-refractivity contribution in [3.8, 4) is 0 Å². The summed E-state index contributed by atoms with van der Waals surface area (Å²) in [7, 11) is 0. The molecule has 7 nitrogen and oxygen atoms in total. The Balaban J connectivity index is 1.76. The number of nitrogens with one attached hydrogen (secondary N) is 1. The van der Waals surface area contributed by atoms with Gasteiger partial charge in [-0.2, -0.15) is 0 Å². The second-order valence-electron chi connectivity index (χ2n) is 6.81. The van der Waals surface area contributed by atoms with Crippen LogP contribution >= 0.6 is 0 Å². The quantitative estimate of drug-likeness (QED) is 0.304. The highest BCUT2D eigenvalue weighted by molar-refractivity contribution is 5.81. The lowest BCUT2D eigenvalue weighted by Crippen LogP contribution is -2.48. The van der Waals surface area contributed by atoms with Crippen LogP contribution in [0.2, 0.25) is 0 Å². The van der Waals surface area contributed by atoms with Crippen LogP contribution in [-0.4, -0.2) is 75.5 Å². The van der Waals surface area contributed by atoms with E-state index in [1.54, 1.807) is 0 Å². The Labute approximate surface area is 157 Å². The number of hydrogen-bond donors (Lipinski definition) is 1. The van der Waals surface area contributed by atoms with Gasteiger partial charge in [-0.25, -0.2) is 0 Å². The number of carbonyl (C=O) groups excluding carboxylic acids is 1. The number of hydrogen-bond acceptors (Lipinski definition) is 5. The maximum absolute atomic E-state index is 12.0. The first kappa shape index (κ1) is 21.0. The highest BCUT2D eigenvalue weighted by Crippen LogP contribution is 2.18. The predicted octanol–water partition coefficient (Wildman–Crippen LogP) is 1.81. The van der Waals surface area contributed by atoms with Gasteiger partial charge in [0.2, 0.25) is 0 Å². The van der Waals surface area contributed by atoms with E-state index >= 15 is 0 Å². The average molecular weight is 370 g/mol. The molecule has 2 heterocycles. The zero-order valence-corrected chi connectivity index (χ0v) is 16.4. The number of carbonyl (C=O) groups is 1. The molecule has 2 fully saturated rings. The van der Waals surface area contributed by atoms with Crippen molar-refractivity contribution < 1.29 is 19.0 Å². The number of nitrogens with zero attached hydrogens (tertiary/aromatic N) is 2. The van der Waals surface area contributed by atoms with Crippen LogP contribution in [-0.2, 0) is 19.0 Å². The molecule has 0 bridgehead atoms. The van der Waals surface area contributed by atoms with Crippen LogP contribution in [0.5, 0.6) is 0 Å². The summed E-state index contributed by atoms with van der Waals surface area (Å²) in [4.78, 5) is 19.0. The third kappa shape index (κ3) is 7.11. The minimum absolute atomic E-state index is 0.0515. The smallest absolute Gasteiger partial charge is 0.310 e.